The van der Waals surface area contributed by atoms with Crippen LogP contribution in [0, 0.1) is 11.7 Å². The van der Waals surface area contributed by atoms with E-state index in [1.165, 1.54) is 12.1 Å². The van der Waals surface area contributed by atoms with Gasteiger partial charge in [0, 0.05) is 12.1 Å². The predicted octanol–water partition coefficient (Wildman–Crippen LogP) is 3.56. The molecule has 1 N–H and O–H groups in total. The standard InChI is InChI=1S/C20H22FNO4S/c21-17-3-1-2-16(12-17)13-26-19-7-5-18(6-8-19)22-20(23)9-4-15-10-11-27(24,25)14-15/h1-3,5-8,12,15H,4,9-11,13-14H2,(H,22,23). The van der Waals surface area contributed by atoms with Gasteiger partial charge >= 0.3 is 0 Å². The molecule has 3 rings (SSSR count). The molecule has 0 spiro atoms. The number of rotatable bonds is 7. The molecule has 0 radical (unpaired) electrons. The molecule has 0 aromatic heterocycles. The number of anilines is 1. The van der Waals surface area contributed by atoms with E-state index in [0.717, 1.165) is 5.56 Å². The van der Waals surface area contributed by atoms with Crippen LogP contribution in [-0.4, -0.2) is 25.8 Å². The highest BCUT2D eigenvalue weighted by atomic mass is 32.2. The van der Waals surface area contributed by atoms with Crippen molar-refractivity contribution in [2.75, 3.05) is 16.8 Å². The van der Waals surface area contributed by atoms with Gasteiger partial charge in [0.15, 0.2) is 9.84 Å². The number of amides is 1. The number of halogens is 1. The summed E-state index contributed by atoms with van der Waals surface area (Å²) in [5.41, 5.74) is 1.39. The Kier molecular flexibility index (Phi) is 6.11. The first-order valence-corrected chi connectivity index (χ1v) is 10.7. The summed E-state index contributed by atoms with van der Waals surface area (Å²) in [6.07, 6.45) is 1.53. The van der Waals surface area contributed by atoms with Crippen molar-refractivity contribution in [3.63, 3.8) is 0 Å². The van der Waals surface area contributed by atoms with Crippen molar-refractivity contribution in [3.8, 4) is 5.75 Å². The van der Waals surface area contributed by atoms with Crippen molar-refractivity contribution in [1.82, 2.24) is 0 Å². The van der Waals surface area contributed by atoms with Crippen LogP contribution in [-0.2, 0) is 21.2 Å². The summed E-state index contributed by atoms with van der Waals surface area (Å²) in [6.45, 7) is 0.258. The summed E-state index contributed by atoms with van der Waals surface area (Å²) in [5.74, 6) is 0.693. The molecular formula is C20H22FNO4S. The summed E-state index contributed by atoms with van der Waals surface area (Å²) < 4.78 is 41.6. The Balaban J connectivity index is 1.43. The Bertz CT molecular complexity index is 896. The summed E-state index contributed by atoms with van der Waals surface area (Å²) >= 11 is 0. The second-order valence-corrected chi connectivity index (χ2v) is 9.03. The molecule has 1 fully saturated rings. The Morgan fingerprint density at radius 1 is 1.19 bits per heavy atom. The van der Waals surface area contributed by atoms with E-state index in [-0.39, 0.29) is 35.8 Å². The van der Waals surface area contributed by atoms with E-state index in [1.54, 1.807) is 36.4 Å². The smallest absolute Gasteiger partial charge is 0.224 e. The third kappa shape index (κ3) is 6.06. The molecule has 1 aliphatic rings. The zero-order valence-electron chi connectivity index (χ0n) is 14.9. The minimum absolute atomic E-state index is 0.0827. The van der Waals surface area contributed by atoms with Crippen LogP contribution in [0.4, 0.5) is 10.1 Å². The monoisotopic (exact) mass is 391 g/mol. The maximum absolute atomic E-state index is 13.1. The average molecular weight is 391 g/mol. The van der Waals surface area contributed by atoms with Crippen LogP contribution in [0.1, 0.15) is 24.8 Å². The molecule has 1 heterocycles. The highest BCUT2D eigenvalue weighted by molar-refractivity contribution is 7.91. The molecule has 2 aromatic rings. The van der Waals surface area contributed by atoms with Crippen LogP contribution in [0.5, 0.6) is 5.75 Å². The number of sulfone groups is 1. The summed E-state index contributed by atoms with van der Waals surface area (Å²) in [7, 11) is -2.90. The maximum Gasteiger partial charge on any atom is 0.224 e. The second kappa shape index (κ2) is 8.52. The molecule has 0 bridgehead atoms. The van der Waals surface area contributed by atoms with Gasteiger partial charge in [0.1, 0.15) is 18.2 Å². The SMILES string of the molecule is O=C(CCC1CCS(=O)(=O)C1)Nc1ccc(OCc2cccc(F)c2)cc1. The molecule has 5 nitrogen and oxygen atoms in total. The third-order valence-electron chi connectivity index (χ3n) is 4.54. The number of carbonyl (C=O) groups is 1. The van der Waals surface area contributed by atoms with Crippen LogP contribution in [0.3, 0.4) is 0 Å². The Labute approximate surface area is 158 Å². The van der Waals surface area contributed by atoms with Crippen LogP contribution in [0.15, 0.2) is 48.5 Å². The predicted molar refractivity (Wildman–Crippen MR) is 102 cm³/mol. The minimum Gasteiger partial charge on any atom is -0.489 e. The van der Waals surface area contributed by atoms with Crippen LogP contribution < -0.4 is 10.1 Å². The lowest BCUT2D eigenvalue weighted by Crippen LogP contribution is -2.14. The number of hydrogen-bond donors (Lipinski definition) is 1. The van der Waals surface area contributed by atoms with Gasteiger partial charge in [-0.05, 0) is 60.7 Å². The maximum atomic E-state index is 13.1. The van der Waals surface area contributed by atoms with Gasteiger partial charge in [-0.25, -0.2) is 12.8 Å². The molecule has 1 aliphatic heterocycles. The lowest BCUT2D eigenvalue weighted by atomic mass is 10.0. The molecule has 27 heavy (non-hydrogen) atoms. The number of hydrogen-bond acceptors (Lipinski definition) is 4. The number of ether oxygens (including phenoxy) is 1. The van der Waals surface area contributed by atoms with E-state index in [4.69, 9.17) is 4.74 Å². The Morgan fingerprint density at radius 2 is 1.96 bits per heavy atom. The molecule has 144 valence electrons. The highest BCUT2D eigenvalue weighted by Gasteiger charge is 2.27. The van der Waals surface area contributed by atoms with Crippen molar-refractivity contribution in [2.24, 2.45) is 5.92 Å². The van der Waals surface area contributed by atoms with Crippen molar-refractivity contribution in [2.45, 2.75) is 25.9 Å². The van der Waals surface area contributed by atoms with E-state index in [0.29, 0.717) is 30.7 Å². The minimum atomic E-state index is -2.90. The molecule has 0 aliphatic carbocycles. The summed E-state index contributed by atoms with van der Waals surface area (Å²) in [6, 6.07) is 13.2. The number of benzene rings is 2. The van der Waals surface area contributed by atoms with Crippen molar-refractivity contribution in [3.05, 3.63) is 59.9 Å². The zero-order valence-corrected chi connectivity index (χ0v) is 15.7. The van der Waals surface area contributed by atoms with Crippen LogP contribution >= 0.6 is 0 Å². The highest BCUT2D eigenvalue weighted by Crippen LogP contribution is 2.23. The largest absolute Gasteiger partial charge is 0.489 e. The van der Waals surface area contributed by atoms with E-state index >= 15 is 0 Å². The Morgan fingerprint density at radius 3 is 2.63 bits per heavy atom. The number of nitrogens with one attached hydrogen (secondary N) is 1. The first-order chi connectivity index (χ1) is 12.9. The zero-order chi connectivity index (χ0) is 19.3. The molecule has 2 aromatic carbocycles. The third-order valence-corrected chi connectivity index (χ3v) is 6.38. The first-order valence-electron chi connectivity index (χ1n) is 8.87. The van der Waals surface area contributed by atoms with E-state index in [9.17, 15) is 17.6 Å². The van der Waals surface area contributed by atoms with Crippen LogP contribution in [0.25, 0.3) is 0 Å². The van der Waals surface area contributed by atoms with Crippen LogP contribution in [0.2, 0.25) is 0 Å². The summed E-state index contributed by atoms with van der Waals surface area (Å²) in [4.78, 5) is 12.0. The molecule has 1 amide bonds. The molecular weight excluding hydrogens is 369 g/mol. The van der Waals surface area contributed by atoms with Crippen molar-refractivity contribution in [1.29, 1.82) is 0 Å². The van der Waals surface area contributed by atoms with Gasteiger partial charge in [-0.15, -0.1) is 0 Å². The molecule has 1 saturated heterocycles. The molecule has 1 atom stereocenters. The quantitative estimate of drug-likeness (QED) is 0.783. The van der Waals surface area contributed by atoms with Crippen molar-refractivity contribution >= 4 is 21.4 Å². The topological polar surface area (TPSA) is 72.5 Å². The van der Waals surface area contributed by atoms with Gasteiger partial charge in [0.05, 0.1) is 11.5 Å². The lowest BCUT2D eigenvalue weighted by molar-refractivity contribution is -0.116. The normalized spacial score (nSPS) is 18.2. The van der Waals surface area contributed by atoms with Gasteiger partial charge in [0.2, 0.25) is 5.91 Å². The van der Waals surface area contributed by atoms with E-state index in [2.05, 4.69) is 5.32 Å². The van der Waals surface area contributed by atoms with Gasteiger partial charge in [0.25, 0.3) is 0 Å². The molecule has 0 saturated carbocycles. The number of carbonyl (C=O) groups excluding carboxylic acids is 1. The first kappa shape index (κ1) is 19.4. The van der Waals surface area contributed by atoms with Gasteiger partial charge in [-0.3, -0.25) is 4.79 Å². The van der Waals surface area contributed by atoms with Crippen molar-refractivity contribution < 1.29 is 22.3 Å². The van der Waals surface area contributed by atoms with E-state index < -0.39 is 9.84 Å². The summed E-state index contributed by atoms with van der Waals surface area (Å²) in [5, 5.41) is 2.80. The van der Waals surface area contributed by atoms with Gasteiger partial charge in [-0.1, -0.05) is 12.1 Å². The fourth-order valence-corrected chi connectivity index (χ4v) is 5.00. The average Bonchev–Trinajstić information content (AvgIpc) is 2.98. The molecule has 7 heteroatoms. The van der Waals surface area contributed by atoms with Gasteiger partial charge < -0.3 is 10.1 Å². The van der Waals surface area contributed by atoms with Gasteiger partial charge in [-0.2, -0.15) is 0 Å². The van der Waals surface area contributed by atoms with E-state index in [1.807, 2.05) is 0 Å². The Hall–Kier alpha value is -2.41. The fourth-order valence-electron chi connectivity index (χ4n) is 3.09. The second-order valence-electron chi connectivity index (χ2n) is 6.80. The lowest BCUT2D eigenvalue weighted by Gasteiger charge is -2.10. The fraction of sp³-hybridized carbons (Fsp3) is 0.350. The molecule has 1 unspecified atom stereocenters.